The minimum Gasteiger partial charge on any atom is -0.481 e. The molecule has 0 amide bonds. The Morgan fingerprint density at radius 2 is 2.28 bits per heavy atom. The Bertz CT molecular complexity index is 564. The molecule has 7 nitrogen and oxygen atoms in total. The second-order valence-electron chi connectivity index (χ2n) is 4.35. The molecule has 1 aliphatic rings. The van der Waals surface area contributed by atoms with E-state index in [1.165, 1.54) is 6.33 Å². The third kappa shape index (κ3) is 1.72. The fraction of sp³-hybridized carbons (Fsp3) is 0.455. The van der Waals surface area contributed by atoms with Crippen molar-refractivity contribution in [3.05, 3.63) is 18.3 Å². The molecule has 3 rings (SSSR count). The van der Waals surface area contributed by atoms with Gasteiger partial charge in [-0.05, 0) is 12.8 Å². The minimum absolute atomic E-state index is 0.109. The van der Waals surface area contributed by atoms with Crippen molar-refractivity contribution in [2.45, 2.75) is 18.3 Å². The van der Waals surface area contributed by atoms with E-state index in [2.05, 4.69) is 20.1 Å². The molecule has 0 radical (unpaired) electrons. The first-order chi connectivity index (χ1) is 8.77. The van der Waals surface area contributed by atoms with E-state index in [4.69, 9.17) is 15.0 Å². The standard InChI is InChI=1S/C11H13N5O2/c1-17-8-4-7(13-6-14-8)9-15-10(18-16-9)11(5-12)2-3-11/h4,6H,2-3,5,12H2,1H3. The molecule has 94 valence electrons. The number of nitrogens with zero attached hydrogens (tertiary/aromatic N) is 4. The summed E-state index contributed by atoms with van der Waals surface area (Å²) in [4.78, 5) is 12.4. The van der Waals surface area contributed by atoms with Gasteiger partial charge < -0.3 is 15.0 Å². The van der Waals surface area contributed by atoms with Crippen molar-refractivity contribution in [2.75, 3.05) is 13.7 Å². The number of methoxy groups -OCH3 is 1. The number of ether oxygens (including phenoxy) is 1. The summed E-state index contributed by atoms with van der Waals surface area (Å²) < 4.78 is 10.3. The van der Waals surface area contributed by atoms with Crippen LogP contribution in [-0.4, -0.2) is 33.8 Å². The average Bonchev–Trinajstić information content (AvgIpc) is 3.08. The topological polar surface area (TPSA) is 100.0 Å². The predicted molar refractivity (Wildman–Crippen MR) is 61.8 cm³/mol. The molecule has 1 aliphatic carbocycles. The Kier molecular flexibility index (Phi) is 2.48. The van der Waals surface area contributed by atoms with Crippen molar-refractivity contribution in [2.24, 2.45) is 5.73 Å². The molecule has 0 spiro atoms. The lowest BCUT2D eigenvalue weighted by Gasteiger charge is -2.03. The maximum absolute atomic E-state index is 5.72. The Labute approximate surface area is 103 Å². The molecule has 0 atom stereocenters. The molecule has 2 aromatic rings. The molecule has 1 saturated carbocycles. The van der Waals surface area contributed by atoms with E-state index in [0.29, 0.717) is 29.8 Å². The summed E-state index contributed by atoms with van der Waals surface area (Å²) in [6.45, 7) is 0.529. The molecule has 0 aliphatic heterocycles. The fourth-order valence-corrected chi connectivity index (χ4v) is 1.77. The van der Waals surface area contributed by atoms with Crippen LogP contribution < -0.4 is 10.5 Å². The lowest BCUT2D eigenvalue weighted by Crippen LogP contribution is -2.19. The van der Waals surface area contributed by atoms with E-state index in [-0.39, 0.29) is 5.41 Å². The van der Waals surface area contributed by atoms with E-state index < -0.39 is 0 Å². The van der Waals surface area contributed by atoms with Crippen LogP contribution in [0.1, 0.15) is 18.7 Å². The quantitative estimate of drug-likeness (QED) is 0.840. The van der Waals surface area contributed by atoms with Crippen LogP contribution in [-0.2, 0) is 5.41 Å². The van der Waals surface area contributed by atoms with Gasteiger partial charge in [-0.15, -0.1) is 0 Å². The zero-order valence-corrected chi connectivity index (χ0v) is 9.96. The highest BCUT2D eigenvalue weighted by atomic mass is 16.5. The molecular formula is C11H13N5O2. The summed E-state index contributed by atoms with van der Waals surface area (Å²) in [6.07, 6.45) is 3.40. The SMILES string of the molecule is COc1cc(-c2noc(C3(CN)CC3)n2)ncn1. The maximum Gasteiger partial charge on any atom is 0.234 e. The molecule has 2 aromatic heterocycles. The van der Waals surface area contributed by atoms with Crippen LogP contribution >= 0.6 is 0 Å². The van der Waals surface area contributed by atoms with E-state index in [9.17, 15) is 0 Å². The summed E-state index contributed by atoms with van der Waals surface area (Å²) in [5.74, 6) is 1.49. The largest absolute Gasteiger partial charge is 0.481 e. The second-order valence-corrected chi connectivity index (χ2v) is 4.35. The molecule has 0 saturated heterocycles. The van der Waals surface area contributed by atoms with Gasteiger partial charge in [-0.1, -0.05) is 5.16 Å². The summed E-state index contributed by atoms with van der Waals surface area (Å²) >= 11 is 0. The summed E-state index contributed by atoms with van der Waals surface area (Å²) in [7, 11) is 1.54. The lowest BCUT2D eigenvalue weighted by atomic mass is 10.1. The highest BCUT2D eigenvalue weighted by Crippen LogP contribution is 2.46. The van der Waals surface area contributed by atoms with Gasteiger partial charge in [0.1, 0.15) is 12.0 Å². The molecule has 2 N–H and O–H groups in total. The highest BCUT2D eigenvalue weighted by molar-refractivity contribution is 5.49. The number of aromatic nitrogens is 4. The van der Waals surface area contributed by atoms with E-state index in [0.717, 1.165) is 12.8 Å². The van der Waals surface area contributed by atoms with Crippen molar-refractivity contribution in [1.82, 2.24) is 20.1 Å². The lowest BCUT2D eigenvalue weighted by molar-refractivity contribution is 0.347. The van der Waals surface area contributed by atoms with Crippen molar-refractivity contribution in [3.63, 3.8) is 0 Å². The summed E-state index contributed by atoms with van der Waals surface area (Å²) in [5.41, 5.74) is 6.19. The van der Waals surface area contributed by atoms with Gasteiger partial charge >= 0.3 is 0 Å². The van der Waals surface area contributed by atoms with Crippen LogP contribution in [0.4, 0.5) is 0 Å². The molecule has 7 heteroatoms. The molecule has 18 heavy (non-hydrogen) atoms. The van der Waals surface area contributed by atoms with Crippen LogP contribution in [0, 0.1) is 0 Å². The first-order valence-electron chi connectivity index (χ1n) is 5.68. The van der Waals surface area contributed by atoms with E-state index in [1.807, 2.05) is 0 Å². The third-order valence-electron chi connectivity index (χ3n) is 3.20. The van der Waals surface area contributed by atoms with Crippen LogP contribution in [0.15, 0.2) is 16.9 Å². The molecule has 0 unspecified atom stereocenters. The van der Waals surface area contributed by atoms with Crippen molar-refractivity contribution >= 4 is 0 Å². The van der Waals surface area contributed by atoms with Gasteiger partial charge in [0.05, 0.1) is 12.5 Å². The van der Waals surface area contributed by atoms with Gasteiger partial charge in [0.25, 0.3) is 0 Å². The van der Waals surface area contributed by atoms with Crippen molar-refractivity contribution in [3.8, 4) is 17.4 Å². The first kappa shape index (κ1) is 11.1. The molecule has 0 aromatic carbocycles. The Morgan fingerprint density at radius 3 is 2.94 bits per heavy atom. The van der Waals surface area contributed by atoms with Crippen LogP contribution in [0.3, 0.4) is 0 Å². The summed E-state index contributed by atoms with van der Waals surface area (Å²) in [6, 6.07) is 1.66. The normalized spacial score (nSPS) is 16.6. The van der Waals surface area contributed by atoms with E-state index >= 15 is 0 Å². The predicted octanol–water partition coefficient (Wildman–Crippen LogP) is 0.525. The third-order valence-corrected chi connectivity index (χ3v) is 3.20. The van der Waals surface area contributed by atoms with Crippen LogP contribution in [0.2, 0.25) is 0 Å². The fourth-order valence-electron chi connectivity index (χ4n) is 1.77. The number of rotatable bonds is 4. The van der Waals surface area contributed by atoms with Crippen LogP contribution in [0.5, 0.6) is 5.88 Å². The Hall–Kier alpha value is -2.02. The van der Waals surface area contributed by atoms with Gasteiger partial charge in [-0.2, -0.15) is 4.98 Å². The maximum atomic E-state index is 5.72. The van der Waals surface area contributed by atoms with Gasteiger partial charge in [0.2, 0.25) is 17.6 Å². The first-order valence-corrected chi connectivity index (χ1v) is 5.68. The number of nitrogens with two attached hydrogens (primary N) is 1. The minimum atomic E-state index is -0.109. The van der Waals surface area contributed by atoms with Crippen molar-refractivity contribution in [1.29, 1.82) is 0 Å². The average molecular weight is 247 g/mol. The Balaban J connectivity index is 1.93. The summed E-state index contributed by atoms with van der Waals surface area (Å²) in [5, 5.41) is 3.93. The van der Waals surface area contributed by atoms with Gasteiger partial charge in [0.15, 0.2) is 0 Å². The second kappa shape index (κ2) is 4.02. The molecule has 2 heterocycles. The van der Waals surface area contributed by atoms with Gasteiger partial charge in [-0.25, -0.2) is 9.97 Å². The molecular weight excluding hydrogens is 234 g/mol. The van der Waals surface area contributed by atoms with Gasteiger partial charge in [0, 0.05) is 12.6 Å². The van der Waals surface area contributed by atoms with Crippen LogP contribution in [0.25, 0.3) is 11.5 Å². The van der Waals surface area contributed by atoms with Gasteiger partial charge in [-0.3, -0.25) is 0 Å². The van der Waals surface area contributed by atoms with Crippen molar-refractivity contribution < 1.29 is 9.26 Å². The molecule has 1 fully saturated rings. The number of hydrogen-bond donors (Lipinski definition) is 1. The zero-order chi connectivity index (χ0) is 12.6. The highest BCUT2D eigenvalue weighted by Gasteiger charge is 2.48. The molecule has 0 bridgehead atoms. The number of hydrogen-bond acceptors (Lipinski definition) is 7. The monoisotopic (exact) mass is 247 g/mol. The smallest absolute Gasteiger partial charge is 0.234 e. The zero-order valence-electron chi connectivity index (χ0n) is 9.96. The Morgan fingerprint density at radius 1 is 1.44 bits per heavy atom. The van der Waals surface area contributed by atoms with E-state index in [1.54, 1.807) is 13.2 Å².